The van der Waals surface area contributed by atoms with Crippen LogP contribution in [0.25, 0.3) is 0 Å². The molecule has 1 aliphatic rings. The molecule has 1 aromatic rings. The van der Waals surface area contributed by atoms with Crippen molar-refractivity contribution in [1.29, 1.82) is 0 Å². The maximum atomic E-state index is 12.0. The van der Waals surface area contributed by atoms with E-state index in [-0.39, 0.29) is 18.1 Å². The second-order valence-electron chi connectivity index (χ2n) is 4.42. The molecule has 1 amide bonds. The van der Waals surface area contributed by atoms with Gasteiger partial charge in [-0.15, -0.1) is 11.3 Å². The number of hydrogen-bond acceptors (Lipinski definition) is 3. The summed E-state index contributed by atoms with van der Waals surface area (Å²) in [6.45, 7) is 0. The summed E-state index contributed by atoms with van der Waals surface area (Å²) in [7, 11) is 0. The molecule has 5 heteroatoms. The van der Waals surface area contributed by atoms with Gasteiger partial charge in [-0.05, 0) is 41.5 Å². The summed E-state index contributed by atoms with van der Waals surface area (Å²) >= 11 is 3.77. The number of aliphatic hydroxyl groups is 1. The minimum absolute atomic E-state index is 0.0601. The average molecular weight is 365 g/mol. The molecular formula is C12H16INO2S. The van der Waals surface area contributed by atoms with E-state index in [4.69, 9.17) is 0 Å². The lowest BCUT2D eigenvalue weighted by Crippen LogP contribution is -2.42. The topological polar surface area (TPSA) is 49.3 Å². The maximum absolute atomic E-state index is 12.0. The van der Waals surface area contributed by atoms with E-state index in [2.05, 4.69) is 27.9 Å². The van der Waals surface area contributed by atoms with Crippen molar-refractivity contribution in [3.8, 4) is 0 Å². The summed E-state index contributed by atoms with van der Waals surface area (Å²) < 4.78 is 1.11. The zero-order valence-corrected chi connectivity index (χ0v) is 12.5. The smallest absolute Gasteiger partial charge is 0.252 e. The van der Waals surface area contributed by atoms with Crippen LogP contribution in [-0.4, -0.2) is 23.2 Å². The molecule has 2 rings (SSSR count). The number of nitrogens with one attached hydrogen (secondary N) is 1. The molecule has 1 fully saturated rings. The minimum atomic E-state index is -0.390. The molecule has 1 aromatic heterocycles. The zero-order valence-electron chi connectivity index (χ0n) is 9.49. The molecule has 3 nitrogen and oxygen atoms in total. The number of rotatable bonds is 2. The summed E-state index contributed by atoms with van der Waals surface area (Å²) in [5.74, 6) is -0.0601. The second-order valence-corrected chi connectivity index (χ2v) is 7.23. The zero-order chi connectivity index (χ0) is 12.3. The molecule has 2 unspecified atom stereocenters. The van der Waals surface area contributed by atoms with Crippen molar-refractivity contribution in [3.63, 3.8) is 0 Å². The Labute approximate surface area is 119 Å². The molecule has 1 saturated carbocycles. The van der Waals surface area contributed by atoms with Crippen molar-refractivity contribution in [3.05, 3.63) is 19.9 Å². The lowest BCUT2D eigenvalue weighted by atomic mass is 10.1. The highest BCUT2D eigenvalue weighted by atomic mass is 127. The molecule has 0 radical (unpaired) electrons. The highest BCUT2D eigenvalue weighted by molar-refractivity contribution is 14.1. The van der Waals surface area contributed by atoms with Crippen LogP contribution < -0.4 is 5.32 Å². The largest absolute Gasteiger partial charge is 0.391 e. The Morgan fingerprint density at radius 1 is 1.41 bits per heavy atom. The molecule has 0 aliphatic heterocycles. The molecular weight excluding hydrogens is 349 g/mol. The highest BCUT2D eigenvalue weighted by Gasteiger charge is 2.23. The van der Waals surface area contributed by atoms with Crippen LogP contribution in [0, 0.1) is 2.88 Å². The first-order valence-electron chi connectivity index (χ1n) is 5.90. The summed E-state index contributed by atoms with van der Waals surface area (Å²) in [5.41, 5.74) is 0.704. The van der Waals surface area contributed by atoms with Crippen molar-refractivity contribution >= 4 is 39.8 Å². The molecule has 2 N–H and O–H groups in total. The van der Waals surface area contributed by atoms with Gasteiger partial charge >= 0.3 is 0 Å². The predicted molar refractivity (Wildman–Crippen MR) is 77.4 cm³/mol. The third kappa shape index (κ3) is 3.66. The third-order valence-electron chi connectivity index (χ3n) is 3.13. The van der Waals surface area contributed by atoms with Crippen molar-refractivity contribution < 1.29 is 9.90 Å². The van der Waals surface area contributed by atoms with E-state index in [0.717, 1.165) is 35.0 Å². The molecule has 17 heavy (non-hydrogen) atoms. The van der Waals surface area contributed by atoms with E-state index in [0.29, 0.717) is 5.56 Å². The van der Waals surface area contributed by atoms with E-state index >= 15 is 0 Å². The number of carbonyl (C=O) groups excluding carboxylic acids is 1. The van der Waals surface area contributed by atoms with Gasteiger partial charge in [0.15, 0.2) is 0 Å². The molecule has 94 valence electrons. The molecule has 2 atom stereocenters. The lowest BCUT2D eigenvalue weighted by Gasteiger charge is -2.21. The second kappa shape index (κ2) is 6.15. The highest BCUT2D eigenvalue weighted by Crippen LogP contribution is 2.20. The Kier molecular flexibility index (Phi) is 4.81. The fourth-order valence-electron chi connectivity index (χ4n) is 2.14. The van der Waals surface area contributed by atoms with Crippen LogP contribution in [0.1, 0.15) is 42.5 Å². The quantitative estimate of drug-likeness (QED) is 0.626. The van der Waals surface area contributed by atoms with Gasteiger partial charge in [-0.25, -0.2) is 0 Å². The van der Waals surface area contributed by atoms with Gasteiger partial charge in [0, 0.05) is 5.38 Å². The van der Waals surface area contributed by atoms with E-state index < -0.39 is 0 Å². The number of aliphatic hydroxyl groups excluding tert-OH is 1. The Morgan fingerprint density at radius 3 is 2.88 bits per heavy atom. The number of thiophene rings is 1. The monoisotopic (exact) mass is 365 g/mol. The first-order chi connectivity index (χ1) is 8.16. The van der Waals surface area contributed by atoms with Crippen molar-refractivity contribution in [1.82, 2.24) is 5.32 Å². The summed E-state index contributed by atoms with van der Waals surface area (Å²) in [6, 6.07) is 1.80. The number of hydrogen-bond donors (Lipinski definition) is 2. The fourth-order valence-corrected chi connectivity index (χ4v) is 3.46. The van der Waals surface area contributed by atoms with E-state index in [1.54, 1.807) is 11.3 Å². The van der Waals surface area contributed by atoms with E-state index in [1.807, 2.05) is 11.4 Å². The van der Waals surface area contributed by atoms with E-state index in [9.17, 15) is 9.90 Å². The maximum Gasteiger partial charge on any atom is 0.252 e. The van der Waals surface area contributed by atoms with Crippen LogP contribution in [-0.2, 0) is 0 Å². The van der Waals surface area contributed by atoms with E-state index in [1.165, 1.54) is 0 Å². The summed E-state index contributed by atoms with van der Waals surface area (Å²) in [4.78, 5) is 12.0. The summed E-state index contributed by atoms with van der Waals surface area (Å²) in [5, 5.41) is 14.8. The molecule has 1 heterocycles. The first-order valence-corrected chi connectivity index (χ1v) is 7.85. The molecule has 0 bridgehead atoms. The van der Waals surface area contributed by atoms with Gasteiger partial charge in [-0.1, -0.05) is 19.3 Å². The molecule has 0 spiro atoms. The van der Waals surface area contributed by atoms with Gasteiger partial charge in [-0.2, -0.15) is 0 Å². The predicted octanol–water partition coefficient (Wildman–Crippen LogP) is 2.78. The molecule has 0 aromatic carbocycles. The van der Waals surface area contributed by atoms with Crippen molar-refractivity contribution in [2.75, 3.05) is 0 Å². The third-order valence-corrected chi connectivity index (χ3v) is 4.91. The van der Waals surface area contributed by atoms with Crippen molar-refractivity contribution in [2.24, 2.45) is 0 Å². The van der Waals surface area contributed by atoms with Crippen LogP contribution in [0.5, 0.6) is 0 Å². The van der Waals surface area contributed by atoms with Gasteiger partial charge in [0.25, 0.3) is 5.91 Å². The Balaban J connectivity index is 1.97. The van der Waals surface area contributed by atoms with Crippen LogP contribution in [0.4, 0.5) is 0 Å². The SMILES string of the molecule is O=C(NC1CCCCCC1O)c1csc(I)c1. The van der Waals surface area contributed by atoms with Gasteiger partial charge in [0.05, 0.1) is 20.6 Å². The van der Waals surface area contributed by atoms with Gasteiger partial charge < -0.3 is 10.4 Å². The standard InChI is InChI=1S/C12H16INO2S/c13-11-6-8(7-17-11)12(16)14-9-4-2-1-3-5-10(9)15/h6-7,9-10,15H,1-5H2,(H,14,16). The number of halogens is 1. The molecule has 1 aliphatic carbocycles. The Hall–Kier alpha value is -0.140. The van der Waals surface area contributed by atoms with Crippen LogP contribution in [0.3, 0.4) is 0 Å². The number of carbonyl (C=O) groups is 1. The first kappa shape index (κ1) is 13.3. The Bertz CT molecular complexity index is 394. The summed E-state index contributed by atoms with van der Waals surface area (Å²) in [6.07, 6.45) is 4.59. The van der Waals surface area contributed by atoms with Gasteiger partial charge in [0.2, 0.25) is 0 Å². The Morgan fingerprint density at radius 2 is 2.18 bits per heavy atom. The lowest BCUT2D eigenvalue weighted by molar-refractivity contribution is 0.0819. The average Bonchev–Trinajstić information content (AvgIpc) is 2.63. The minimum Gasteiger partial charge on any atom is -0.391 e. The normalized spacial score (nSPS) is 25.3. The van der Waals surface area contributed by atoms with Gasteiger partial charge in [0.1, 0.15) is 0 Å². The molecule has 0 saturated heterocycles. The van der Waals surface area contributed by atoms with Crippen LogP contribution >= 0.6 is 33.9 Å². The van der Waals surface area contributed by atoms with Crippen LogP contribution in [0.2, 0.25) is 0 Å². The number of amides is 1. The van der Waals surface area contributed by atoms with Gasteiger partial charge in [-0.3, -0.25) is 4.79 Å². The van der Waals surface area contributed by atoms with Crippen molar-refractivity contribution in [2.45, 2.75) is 44.2 Å². The fraction of sp³-hybridized carbons (Fsp3) is 0.583. The van der Waals surface area contributed by atoms with Crippen LogP contribution in [0.15, 0.2) is 11.4 Å².